The summed E-state index contributed by atoms with van der Waals surface area (Å²) >= 11 is 0. The number of hydrogen-bond donors (Lipinski definition) is 1. The van der Waals surface area contributed by atoms with Crippen molar-refractivity contribution in [2.45, 2.75) is 32.4 Å². The number of carbonyl (C=O) groups excluding carboxylic acids is 1. The van der Waals surface area contributed by atoms with Crippen LogP contribution in [-0.4, -0.2) is 51.9 Å². The Morgan fingerprint density at radius 3 is 2.93 bits per heavy atom. The van der Waals surface area contributed by atoms with Crippen molar-refractivity contribution in [2.24, 2.45) is 5.92 Å². The van der Waals surface area contributed by atoms with Gasteiger partial charge in [-0.25, -0.2) is 14.4 Å². The fourth-order valence-corrected chi connectivity index (χ4v) is 3.54. The average Bonchev–Trinajstić information content (AvgIpc) is 3.13. The van der Waals surface area contributed by atoms with Crippen LogP contribution in [0.4, 0.5) is 10.2 Å². The number of anilines is 1. The Bertz CT molecular complexity index is 799. The minimum atomic E-state index is -0.252. The first-order valence-corrected chi connectivity index (χ1v) is 9.24. The molecule has 1 amide bonds. The number of carbonyl (C=O) groups is 1. The van der Waals surface area contributed by atoms with Crippen molar-refractivity contribution in [3.05, 3.63) is 53.7 Å². The maximum atomic E-state index is 13.8. The van der Waals surface area contributed by atoms with Crippen molar-refractivity contribution in [2.75, 3.05) is 25.9 Å². The molecule has 0 aliphatic carbocycles. The molecule has 3 rings (SSSR count). The average molecular weight is 371 g/mol. The van der Waals surface area contributed by atoms with Crippen molar-refractivity contribution in [1.82, 2.24) is 19.8 Å². The van der Waals surface area contributed by atoms with Crippen LogP contribution < -0.4 is 5.73 Å². The first-order chi connectivity index (χ1) is 12.9. The predicted molar refractivity (Wildman–Crippen MR) is 102 cm³/mol. The molecule has 1 aliphatic rings. The summed E-state index contributed by atoms with van der Waals surface area (Å²) in [5.41, 5.74) is 6.30. The zero-order chi connectivity index (χ0) is 19.4. The fourth-order valence-electron chi connectivity index (χ4n) is 3.54. The number of aromatic nitrogens is 2. The van der Waals surface area contributed by atoms with Gasteiger partial charge in [-0.15, -0.1) is 0 Å². The molecule has 0 spiro atoms. The Kier molecular flexibility index (Phi) is 6.01. The molecule has 1 aromatic carbocycles. The van der Waals surface area contributed by atoms with Crippen molar-refractivity contribution in [3.8, 4) is 0 Å². The van der Waals surface area contributed by atoms with Gasteiger partial charge in [0.15, 0.2) is 0 Å². The molecular weight excluding hydrogens is 345 g/mol. The Morgan fingerprint density at radius 1 is 1.41 bits per heavy atom. The summed E-state index contributed by atoms with van der Waals surface area (Å²) in [6.07, 6.45) is 2.97. The normalized spacial score (nSPS) is 18.1. The minimum Gasteiger partial charge on any atom is -0.384 e. The number of nitrogens with zero attached hydrogens (tertiary/aromatic N) is 4. The van der Waals surface area contributed by atoms with Crippen LogP contribution >= 0.6 is 0 Å². The van der Waals surface area contributed by atoms with Crippen LogP contribution in [0.15, 0.2) is 36.5 Å². The lowest BCUT2D eigenvalue weighted by atomic mass is 9.99. The van der Waals surface area contributed by atoms with Crippen LogP contribution in [0.25, 0.3) is 0 Å². The number of rotatable bonds is 6. The van der Waals surface area contributed by atoms with Gasteiger partial charge in [0.05, 0.1) is 6.54 Å². The molecule has 0 unspecified atom stereocenters. The van der Waals surface area contributed by atoms with Crippen LogP contribution in [-0.2, 0) is 17.8 Å². The first kappa shape index (κ1) is 19.2. The molecule has 6 nitrogen and oxygen atoms in total. The number of benzene rings is 1. The number of nitrogen functional groups attached to an aromatic ring is 1. The fraction of sp³-hybridized carbons (Fsp3) is 0.450. The minimum absolute atomic E-state index is 0.0781. The maximum Gasteiger partial charge on any atom is 0.225 e. The number of likely N-dealkylation sites (N-methyl/N-ethyl adjacent to an activating group) is 1. The third kappa shape index (κ3) is 4.80. The highest BCUT2D eigenvalue weighted by Gasteiger charge is 2.31. The van der Waals surface area contributed by atoms with E-state index in [1.165, 1.54) is 6.07 Å². The quantitative estimate of drug-likeness (QED) is 0.842. The number of hydrogen-bond acceptors (Lipinski definition) is 5. The molecule has 0 bridgehead atoms. The summed E-state index contributed by atoms with van der Waals surface area (Å²) in [6.45, 7) is 3.83. The zero-order valence-corrected chi connectivity index (χ0v) is 15.8. The largest absolute Gasteiger partial charge is 0.384 e. The summed E-state index contributed by atoms with van der Waals surface area (Å²) in [4.78, 5) is 25.3. The van der Waals surface area contributed by atoms with E-state index in [0.717, 1.165) is 6.42 Å². The molecule has 7 heteroatoms. The van der Waals surface area contributed by atoms with E-state index in [-0.39, 0.29) is 23.7 Å². The molecule has 1 saturated heterocycles. The molecule has 0 radical (unpaired) electrons. The lowest BCUT2D eigenvalue weighted by Crippen LogP contribution is -2.38. The lowest BCUT2D eigenvalue weighted by Gasteiger charge is -2.25. The summed E-state index contributed by atoms with van der Waals surface area (Å²) in [7, 11) is 2.01. The SMILES string of the molecule is C[C@H](Cc1ccccc1F)C(=O)N1CC[C@H](N(C)Cc2nccc(N)n2)C1. The monoisotopic (exact) mass is 371 g/mol. The molecular formula is C20H26FN5O. The second-order valence-corrected chi connectivity index (χ2v) is 7.24. The van der Waals surface area contributed by atoms with E-state index in [1.807, 2.05) is 18.9 Å². The Hall–Kier alpha value is -2.54. The van der Waals surface area contributed by atoms with E-state index in [0.29, 0.717) is 43.3 Å². The van der Waals surface area contributed by atoms with Gasteiger partial charge in [0.25, 0.3) is 0 Å². The summed E-state index contributed by atoms with van der Waals surface area (Å²) in [5.74, 6) is 0.713. The molecule has 144 valence electrons. The first-order valence-electron chi connectivity index (χ1n) is 9.24. The molecule has 1 aliphatic heterocycles. The van der Waals surface area contributed by atoms with Gasteiger partial charge >= 0.3 is 0 Å². The Morgan fingerprint density at radius 2 is 2.19 bits per heavy atom. The zero-order valence-electron chi connectivity index (χ0n) is 15.8. The number of amides is 1. The Balaban J connectivity index is 1.55. The highest BCUT2D eigenvalue weighted by molar-refractivity contribution is 5.79. The van der Waals surface area contributed by atoms with Gasteiger partial charge in [-0.2, -0.15) is 0 Å². The van der Waals surface area contributed by atoms with Gasteiger partial charge in [0, 0.05) is 31.2 Å². The summed E-state index contributed by atoms with van der Waals surface area (Å²) in [5, 5.41) is 0. The van der Waals surface area contributed by atoms with E-state index in [1.54, 1.807) is 30.5 Å². The third-order valence-corrected chi connectivity index (χ3v) is 5.12. The number of nitrogens with two attached hydrogens (primary N) is 1. The van der Waals surface area contributed by atoms with Crippen molar-refractivity contribution < 1.29 is 9.18 Å². The van der Waals surface area contributed by atoms with E-state index in [2.05, 4.69) is 14.9 Å². The maximum absolute atomic E-state index is 13.8. The van der Waals surface area contributed by atoms with Gasteiger partial charge in [0.1, 0.15) is 17.5 Å². The van der Waals surface area contributed by atoms with Crippen LogP contribution in [0.1, 0.15) is 24.7 Å². The van der Waals surface area contributed by atoms with Gasteiger partial charge < -0.3 is 10.6 Å². The predicted octanol–water partition coefficient (Wildman–Crippen LogP) is 2.11. The van der Waals surface area contributed by atoms with Crippen LogP contribution in [0.5, 0.6) is 0 Å². The van der Waals surface area contributed by atoms with Gasteiger partial charge in [0.2, 0.25) is 5.91 Å². The van der Waals surface area contributed by atoms with Crippen LogP contribution in [0.2, 0.25) is 0 Å². The van der Waals surface area contributed by atoms with Crippen molar-refractivity contribution in [1.29, 1.82) is 0 Å². The molecule has 0 saturated carbocycles. The summed E-state index contributed by atoms with van der Waals surface area (Å²) < 4.78 is 13.8. The molecule has 2 heterocycles. The topological polar surface area (TPSA) is 75.4 Å². The van der Waals surface area contributed by atoms with Crippen molar-refractivity contribution in [3.63, 3.8) is 0 Å². The second kappa shape index (κ2) is 8.43. The number of halogens is 1. The van der Waals surface area contributed by atoms with Crippen molar-refractivity contribution >= 4 is 11.7 Å². The van der Waals surface area contributed by atoms with E-state index in [9.17, 15) is 9.18 Å². The third-order valence-electron chi connectivity index (χ3n) is 5.12. The molecule has 27 heavy (non-hydrogen) atoms. The molecule has 2 atom stereocenters. The Labute approximate surface area is 159 Å². The highest BCUT2D eigenvalue weighted by Crippen LogP contribution is 2.20. The second-order valence-electron chi connectivity index (χ2n) is 7.24. The number of likely N-dealkylation sites (tertiary alicyclic amines) is 1. The van der Waals surface area contributed by atoms with Crippen LogP contribution in [0, 0.1) is 11.7 Å². The van der Waals surface area contributed by atoms with Gasteiger partial charge in [-0.3, -0.25) is 9.69 Å². The van der Waals surface area contributed by atoms with Gasteiger partial charge in [-0.05, 0) is 37.6 Å². The molecule has 2 aromatic rings. The highest BCUT2D eigenvalue weighted by atomic mass is 19.1. The standard InChI is InChI=1S/C20H26FN5O/c1-14(11-15-5-3-4-6-17(15)21)20(27)26-10-8-16(12-26)25(2)13-19-23-9-7-18(22)24-19/h3-7,9,14,16H,8,10-13H2,1-2H3,(H2,22,23,24)/t14-,16+/m1/s1. The smallest absolute Gasteiger partial charge is 0.225 e. The van der Waals surface area contributed by atoms with E-state index in [4.69, 9.17) is 5.73 Å². The molecule has 1 aromatic heterocycles. The lowest BCUT2D eigenvalue weighted by molar-refractivity contribution is -0.134. The van der Waals surface area contributed by atoms with E-state index >= 15 is 0 Å². The summed E-state index contributed by atoms with van der Waals surface area (Å²) in [6, 6.07) is 8.55. The molecule has 2 N–H and O–H groups in total. The van der Waals surface area contributed by atoms with Gasteiger partial charge in [-0.1, -0.05) is 25.1 Å². The van der Waals surface area contributed by atoms with Crippen LogP contribution in [0.3, 0.4) is 0 Å². The molecule has 1 fully saturated rings. The van der Waals surface area contributed by atoms with E-state index < -0.39 is 0 Å².